The number of unbranched alkanes of at least 4 members (excludes halogenated alkanes) is 5. The van der Waals surface area contributed by atoms with Crippen LogP contribution in [-0.4, -0.2) is 23.1 Å². The number of hydrogen-bond acceptors (Lipinski definition) is 3. The number of carboxylic acid groups (broad SMARTS) is 1. The van der Waals surface area contributed by atoms with Crippen LogP contribution in [0.25, 0.3) is 0 Å². The number of carbonyl (C=O) groups excluding carboxylic acids is 1. The van der Waals surface area contributed by atoms with E-state index in [1.54, 1.807) is 0 Å². The molecule has 0 rings (SSSR count). The van der Waals surface area contributed by atoms with Crippen LogP contribution < -0.4 is 0 Å². The van der Waals surface area contributed by atoms with Gasteiger partial charge < -0.3 is 9.84 Å². The highest BCUT2D eigenvalue weighted by Crippen LogP contribution is 2.22. The number of hydrogen-bond donors (Lipinski definition) is 1. The highest BCUT2D eigenvalue weighted by molar-refractivity contribution is 5.77. The van der Waals surface area contributed by atoms with Crippen molar-refractivity contribution >= 4 is 11.9 Å². The van der Waals surface area contributed by atoms with Crippen LogP contribution in [-0.2, 0) is 14.3 Å². The minimum absolute atomic E-state index is 0.258. The van der Waals surface area contributed by atoms with Crippen LogP contribution in [0.1, 0.15) is 91.9 Å². The van der Waals surface area contributed by atoms with Gasteiger partial charge in [-0.15, -0.1) is 0 Å². The monoisotopic (exact) mass is 314 g/mol. The molecule has 1 atom stereocenters. The van der Waals surface area contributed by atoms with Gasteiger partial charge >= 0.3 is 11.9 Å². The SMILES string of the molecule is CCCCCCCC(=O)OC(CCCCC(C)(C)C)C(=O)O. The normalized spacial score (nSPS) is 12.9. The summed E-state index contributed by atoms with van der Waals surface area (Å²) in [5.41, 5.74) is 0.258. The molecule has 4 nitrogen and oxygen atoms in total. The van der Waals surface area contributed by atoms with Gasteiger partial charge in [-0.2, -0.15) is 0 Å². The van der Waals surface area contributed by atoms with E-state index in [1.165, 1.54) is 12.8 Å². The average molecular weight is 314 g/mol. The number of ether oxygens (including phenoxy) is 1. The Hall–Kier alpha value is -1.06. The summed E-state index contributed by atoms with van der Waals surface area (Å²) in [5.74, 6) is -1.41. The van der Waals surface area contributed by atoms with Crippen LogP contribution in [0.2, 0.25) is 0 Å². The number of carboxylic acids is 1. The Balaban J connectivity index is 3.93. The van der Waals surface area contributed by atoms with Crippen molar-refractivity contribution in [1.29, 1.82) is 0 Å². The van der Waals surface area contributed by atoms with Gasteiger partial charge in [-0.25, -0.2) is 4.79 Å². The van der Waals surface area contributed by atoms with Gasteiger partial charge in [0.05, 0.1) is 0 Å². The smallest absolute Gasteiger partial charge is 0.345 e. The van der Waals surface area contributed by atoms with Crippen molar-refractivity contribution in [3.05, 3.63) is 0 Å². The van der Waals surface area contributed by atoms with E-state index >= 15 is 0 Å². The molecule has 0 aromatic carbocycles. The van der Waals surface area contributed by atoms with Gasteiger partial charge in [0.15, 0.2) is 6.10 Å². The van der Waals surface area contributed by atoms with Gasteiger partial charge in [0.1, 0.15) is 0 Å². The van der Waals surface area contributed by atoms with Gasteiger partial charge in [0.2, 0.25) is 0 Å². The summed E-state index contributed by atoms with van der Waals surface area (Å²) < 4.78 is 5.11. The maximum atomic E-state index is 11.7. The highest BCUT2D eigenvalue weighted by atomic mass is 16.6. The molecule has 0 spiro atoms. The Labute approximate surface area is 135 Å². The van der Waals surface area contributed by atoms with Crippen LogP contribution in [0.3, 0.4) is 0 Å². The Morgan fingerprint density at radius 1 is 1.00 bits per heavy atom. The van der Waals surface area contributed by atoms with E-state index in [0.29, 0.717) is 12.8 Å². The lowest BCUT2D eigenvalue weighted by Crippen LogP contribution is -2.27. The first kappa shape index (κ1) is 20.9. The third-order valence-corrected chi connectivity index (χ3v) is 3.68. The molecule has 130 valence electrons. The number of esters is 1. The molecular formula is C18H34O4. The molecule has 0 aliphatic carbocycles. The van der Waals surface area contributed by atoms with Crippen molar-refractivity contribution in [3.63, 3.8) is 0 Å². The Kier molecular flexibility index (Phi) is 10.9. The average Bonchev–Trinajstić information content (AvgIpc) is 2.40. The summed E-state index contributed by atoms with van der Waals surface area (Å²) in [6.07, 6.45) is 7.80. The second-order valence-corrected chi connectivity index (χ2v) is 7.29. The van der Waals surface area contributed by atoms with Gasteiger partial charge in [-0.1, -0.05) is 59.8 Å². The van der Waals surface area contributed by atoms with E-state index in [-0.39, 0.29) is 11.4 Å². The van der Waals surface area contributed by atoms with Crippen LogP contribution in [0.4, 0.5) is 0 Å². The third-order valence-electron chi connectivity index (χ3n) is 3.68. The third kappa shape index (κ3) is 12.7. The minimum atomic E-state index is -1.03. The quantitative estimate of drug-likeness (QED) is 0.409. The fraction of sp³-hybridized carbons (Fsp3) is 0.889. The van der Waals surface area contributed by atoms with E-state index < -0.39 is 12.1 Å². The zero-order valence-electron chi connectivity index (χ0n) is 14.8. The maximum absolute atomic E-state index is 11.7. The molecule has 0 amide bonds. The van der Waals surface area contributed by atoms with E-state index in [0.717, 1.165) is 38.5 Å². The van der Waals surface area contributed by atoms with Crippen molar-refractivity contribution in [2.75, 3.05) is 0 Å². The zero-order valence-corrected chi connectivity index (χ0v) is 14.8. The first-order chi connectivity index (χ1) is 10.3. The Bertz CT molecular complexity index is 318. The molecule has 1 N–H and O–H groups in total. The van der Waals surface area contributed by atoms with E-state index in [4.69, 9.17) is 9.84 Å². The molecule has 0 radical (unpaired) electrons. The topological polar surface area (TPSA) is 63.6 Å². The van der Waals surface area contributed by atoms with Crippen LogP contribution in [0.5, 0.6) is 0 Å². The van der Waals surface area contributed by atoms with Crippen molar-refractivity contribution in [2.45, 2.75) is 98.0 Å². The van der Waals surface area contributed by atoms with Crippen LogP contribution in [0.15, 0.2) is 0 Å². The van der Waals surface area contributed by atoms with Gasteiger partial charge in [-0.05, 0) is 31.1 Å². The molecular weight excluding hydrogens is 280 g/mol. The molecule has 0 aliphatic heterocycles. The summed E-state index contributed by atoms with van der Waals surface area (Å²) in [4.78, 5) is 22.9. The largest absolute Gasteiger partial charge is 0.479 e. The van der Waals surface area contributed by atoms with Gasteiger partial charge in [-0.3, -0.25) is 4.79 Å². The lowest BCUT2D eigenvalue weighted by atomic mass is 9.89. The molecule has 0 heterocycles. The fourth-order valence-corrected chi connectivity index (χ4v) is 2.31. The molecule has 0 saturated heterocycles. The first-order valence-corrected chi connectivity index (χ1v) is 8.68. The zero-order chi connectivity index (χ0) is 17.0. The lowest BCUT2D eigenvalue weighted by molar-refractivity contribution is -0.164. The summed E-state index contributed by atoms with van der Waals surface area (Å²) in [6.45, 7) is 8.64. The molecule has 1 unspecified atom stereocenters. The molecule has 0 saturated carbocycles. The summed E-state index contributed by atoms with van der Waals surface area (Å²) in [5, 5.41) is 9.15. The van der Waals surface area contributed by atoms with E-state index in [1.807, 2.05) is 0 Å². The Morgan fingerprint density at radius 2 is 1.64 bits per heavy atom. The van der Waals surface area contributed by atoms with Crippen molar-refractivity contribution in [1.82, 2.24) is 0 Å². The Morgan fingerprint density at radius 3 is 2.18 bits per heavy atom. The van der Waals surface area contributed by atoms with Crippen molar-refractivity contribution in [3.8, 4) is 0 Å². The second-order valence-electron chi connectivity index (χ2n) is 7.29. The second kappa shape index (κ2) is 11.5. The molecule has 0 aromatic rings. The lowest BCUT2D eigenvalue weighted by Gasteiger charge is -2.18. The number of aliphatic carboxylic acids is 1. The van der Waals surface area contributed by atoms with Crippen molar-refractivity contribution < 1.29 is 19.4 Å². The maximum Gasteiger partial charge on any atom is 0.345 e. The van der Waals surface area contributed by atoms with E-state index in [2.05, 4.69) is 27.7 Å². The van der Waals surface area contributed by atoms with Crippen molar-refractivity contribution in [2.24, 2.45) is 5.41 Å². The molecule has 0 aromatic heterocycles. The standard InChI is InChI=1S/C18H34O4/c1-5-6-7-8-9-13-16(19)22-15(17(20)21)12-10-11-14-18(2,3)4/h15H,5-14H2,1-4H3,(H,20,21). The predicted molar refractivity (Wildman–Crippen MR) is 88.8 cm³/mol. The fourth-order valence-electron chi connectivity index (χ4n) is 2.31. The minimum Gasteiger partial charge on any atom is -0.479 e. The number of carbonyl (C=O) groups is 2. The molecule has 0 fully saturated rings. The van der Waals surface area contributed by atoms with E-state index in [9.17, 15) is 9.59 Å². The molecule has 4 heteroatoms. The first-order valence-electron chi connectivity index (χ1n) is 8.68. The summed E-state index contributed by atoms with van der Waals surface area (Å²) >= 11 is 0. The predicted octanol–water partition coefficient (Wildman–Crippen LogP) is 4.95. The number of rotatable bonds is 12. The summed E-state index contributed by atoms with van der Waals surface area (Å²) in [6, 6.07) is 0. The van der Waals surface area contributed by atoms with Crippen LogP contribution >= 0.6 is 0 Å². The van der Waals surface area contributed by atoms with Gasteiger partial charge in [0, 0.05) is 6.42 Å². The highest BCUT2D eigenvalue weighted by Gasteiger charge is 2.22. The molecule has 22 heavy (non-hydrogen) atoms. The molecule has 0 bridgehead atoms. The van der Waals surface area contributed by atoms with Gasteiger partial charge in [0.25, 0.3) is 0 Å². The summed E-state index contributed by atoms with van der Waals surface area (Å²) in [7, 11) is 0. The van der Waals surface area contributed by atoms with Crippen LogP contribution in [0, 0.1) is 5.41 Å². The molecule has 0 aliphatic rings.